The lowest BCUT2D eigenvalue weighted by Crippen LogP contribution is -2.66. The van der Waals surface area contributed by atoms with Gasteiger partial charge < -0.3 is 15.4 Å². The number of nitrogens with two attached hydrogens (primary N) is 1. The van der Waals surface area contributed by atoms with Gasteiger partial charge in [0.1, 0.15) is 12.4 Å². The van der Waals surface area contributed by atoms with Gasteiger partial charge in [0.05, 0.1) is 0 Å². The summed E-state index contributed by atoms with van der Waals surface area (Å²) in [4.78, 5) is 11.0. The van der Waals surface area contributed by atoms with Gasteiger partial charge in [-0.15, -0.1) is 0 Å². The molecule has 5 nitrogen and oxygen atoms in total. The van der Waals surface area contributed by atoms with E-state index in [1.807, 2.05) is 31.5 Å². The fourth-order valence-electron chi connectivity index (χ4n) is 3.82. The van der Waals surface area contributed by atoms with E-state index in [4.69, 9.17) is 10.5 Å². The van der Waals surface area contributed by atoms with Gasteiger partial charge in [0.2, 0.25) is 5.95 Å². The first-order chi connectivity index (χ1) is 14.2. The third-order valence-electron chi connectivity index (χ3n) is 5.83. The third kappa shape index (κ3) is 4.31. The van der Waals surface area contributed by atoms with Gasteiger partial charge in [0.25, 0.3) is 0 Å². The van der Waals surface area contributed by atoms with E-state index in [1.165, 1.54) is 16.7 Å². The van der Waals surface area contributed by atoms with E-state index >= 15 is 0 Å². The summed E-state index contributed by atoms with van der Waals surface area (Å²) >= 11 is 0. The Kier molecular flexibility index (Phi) is 5.24. The lowest BCUT2D eigenvalue weighted by atomic mass is 9.78. The van der Waals surface area contributed by atoms with Gasteiger partial charge in [-0.05, 0) is 37.1 Å². The molecule has 5 heteroatoms. The van der Waals surface area contributed by atoms with E-state index in [9.17, 15) is 0 Å². The maximum absolute atomic E-state index is 6.05. The van der Waals surface area contributed by atoms with Crippen LogP contribution in [0, 0.1) is 6.92 Å². The second-order valence-corrected chi connectivity index (χ2v) is 9.21. The zero-order valence-corrected chi connectivity index (χ0v) is 18.2. The van der Waals surface area contributed by atoms with E-state index in [0.717, 1.165) is 30.4 Å². The Bertz CT molecular complexity index is 985. The molecule has 0 spiro atoms. The molecule has 156 valence electrons. The number of aromatic nitrogens is 2. The number of rotatable bonds is 6. The molecular weight excluding hydrogens is 372 g/mol. The number of ether oxygens (including phenoxy) is 1. The molecule has 0 saturated carbocycles. The average Bonchev–Trinajstić information content (AvgIpc) is 2.71. The molecule has 30 heavy (non-hydrogen) atoms. The highest BCUT2D eigenvalue weighted by Gasteiger charge is 2.36. The van der Waals surface area contributed by atoms with Crippen molar-refractivity contribution in [2.75, 3.05) is 18.0 Å². The second-order valence-electron chi connectivity index (χ2n) is 9.21. The average molecular weight is 403 g/mol. The van der Waals surface area contributed by atoms with Crippen LogP contribution >= 0.6 is 0 Å². The number of hydrogen-bond donors (Lipinski definition) is 1. The van der Waals surface area contributed by atoms with Crippen LogP contribution in [0.15, 0.2) is 60.9 Å². The minimum atomic E-state index is -0.134. The Morgan fingerprint density at radius 3 is 2.03 bits per heavy atom. The molecule has 0 amide bonds. The van der Waals surface area contributed by atoms with Crippen molar-refractivity contribution in [3.8, 4) is 5.75 Å². The van der Waals surface area contributed by atoms with Crippen molar-refractivity contribution in [1.82, 2.24) is 9.97 Å². The summed E-state index contributed by atoms with van der Waals surface area (Å²) in [6.07, 6.45) is 3.65. The Labute approximate surface area is 178 Å². The van der Waals surface area contributed by atoms with Crippen molar-refractivity contribution in [3.05, 3.63) is 83.2 Å². The number of hydrogen-bond acceptors (Lipinski definition) is 5. The van der Waals surface area contributed by atoms with Crippen molar-refractivity contribution in [2.45, 2.75) is 45.3 Å². The number of benzene rings is 2. The Hall–Kier alpha value is -2.92. The fourth-order valence-corrected chi connectivity index (χ4v) is 3.82. The third-order valence-corrected chi connectivity index (χ3v) is 5.83. The van der Waals surface area contributed by atoms with Crippen molar-refractivity contribution < 1.29 is 4.74 Å². The zero-order chi connectivity index (χ0) is 21.4. The summed E-state index contributed by atoms with van der Waals surface area (Å²) in [6, 6.07) is 17.1. The quantitative estimate of drug-likeness (QED) is 0.669. The first-order valence-electron chi connectivity index (χ1n) is 10.4. The van der Waals surface area contributed by atoms with E-state index in [-0.39, 0.29) is 11.0 Å². The Morgan fingerprint density at radius 1 is 0.967 bits per heavy atom. The molecule has 0 unspecified atom stereocenters. The van der Waals surface area contributed by atoms with E-state index < -0.39 is 0 Å². The van der Waals surface area contributed by atoms with Gasteiger partial charge in [-0.25, -0.2) is 9.97 Å². The number of nitrogens with zero attached hydrogens (tertiary/aromatic N) is 3. The van der Waals surface area contributed by atoms with Crippen molar-refractivity contribution in [2.24, 2.45) is 5.73 Å². The highest BCUT2D eigenvalue weighted by atomic mass is 16.5. The van der Waals surface area contributed by atoms with Crippen LogP contribution in [0.1, 0.15) is 43.0 Å². The SMILES string of the molecule is Cc1ccc(C(C)(C)c2ccc(OCc3cnc(N4CC(C)(N)C4)nc3)cc2)cc1. The predicted molar refractivity (Wildman–Crippen MR) is 121 cm³/mol. The van der Waals surface area contributed by atoms with Crippen LogP contribution in [0.4, 0.5) is 5.95 Å². The Morgan fingerprint density at radius 2 is 1.50 bits per heavy atom. The first-order valence-corrected chi connectivity index (χ1v) is 10.4. The summed E-state index contributed by atoms with van der Waals surface area (Å²) in [5, 5.41) is 0. The van der Waals surface area contributed by atoms with Crippen LogP contribution < -0.4 is 15.4 Å². The maximum Gasteiger partial charge on any atom is 0.225 e. The van der Waals surface area contributed by atoms with Crippen LogP contribution in [-0.4, -0.2) is 28.6 Å². The van der Waals surface area contributed by atoms with Gasteiger partial charge >= 0.3 is 0 Å². The molecule has 0 radical (unpaired) electrons. The fraction of sp³-hybridized carbons (Fsp3) is 0.360. The van der Waals surface area contributed by atoms with Gasteiger partial charge in [-0.3, -0.25) is 0 Å². The van der Waals surface area contributed by atoms with E-state index in [1.54, 1.807) is 0 Å². The molecule has 0 aliphatic carbocycles. The molecule has 1 fully saturated rings. The molecular formula is C25H30N4O. The van der Waals surface area contributed by atoms with Crippen LogP contribution in [0.2, 0.25) is 0 Å². The summed E-state index contributed by atoms with van der Waals surface area (Å²) < 4.78 is 5.94. The standard InChI is InChI=1S/C25H30N4O/c1-18-5-7-20(8-6-18)24(2,3)21-9-11-22(12-10-21)30-15-19-13-27-23(28-14-19)29-16-25(4,26)17-29/h5-14H,15-17,26H2,1-4H3. The lowest BCUT2D eigenvalue weighted by molar-refractivity contribution is 0.304. The second kappa shape index (κ2) is 7.73. The minimum Gasteiger partial charge on any atom is -0.489 e. The number of anilines is 1. The van der Waals surface area contributed by atoms with Crippen molar-refractivity contribution >= 4 is 5.95 Å². The summed E-state index contributed by atoms with van der Waals surface area (Å²) in [7, 11) is 0. The normalized spacial score (nSPS) is 15.6. The largest absolute Gasteiger partial charge is 0.489 e. The molecule has 1 aromatic heterocycles. The van der Waals surface area contributed by atoms with Gasteiger partial charge in [-0.1, -0.05) is 55.8 Å². The maximum atomic E-state index is 6.05. The van der Waals surface area contributed by atoms with Crippen LogP contribution in [0.25, 0.3) is 0 Å². The summed E-state index contributed by atoms with van der Waals surface area (Å²) in [6.45, 7) is 10.7. The van der Waals surface area contributed by atoms with Gasteiger partial charge in [0.15, 0.2) is 0 Å². The van der Waals surface area contributed by atoms with Gasteiger partial charge in [0, 0.05) is 42.0 Å². The highest BCUT2D eigenvalue weighted by Crippen LogP contribution is 2.32. The van der Waals surface area contributed by atoms with Gasteiger partial charge in [-0.2, -0.15) is 0 Å². The zero-order valence-electron chi connectivity index (χ0n) is 18.2. The highest BCUT2D eigenvalue weighted by molar-refractivity contribution is 5.41. The minimum absolute atomic E-state index is 0.0631. The molecule has 0 bridgehead atoms. The molecule has 2 N–H and O–H groups in total. The van der Waals surface area contributed by atoms with E-state index in [2.05, 4.69) is 72.0 Å². The van der Waals surface area contributed by atoms with Crippen molar-refractivity contribution in [3.63, 3.8) is 0 Å². The monoisotopic (exact) mass is 402 g/mol. The molecule has 1 aliphatic heterocycles. The van der Waals surface area contributed by atoms with Crippen LogP contribution in [0.5, 0.6) is 5.75 Å². The first kappa shape index (κ1) is 20.4. The lowest BCUT2D eigenvalue weighted by Gasteiger charge is -2.45. The molecule has 3 aromatic rings. The Balaban J connectivity index is 1.36. The van der Waals surface area contributed by atoms with Crippen LogP contribution in [0.3, 0.4) is 0 Å². The molecule has 4 rings (SSSR count). The van der Waals surface area contributed by atoms with Crippen LogP contribution in [-0.2, 0) is 12.0 Å². The van der Waals surface area contributed by atoms with Crippen molar-refractivity contribution in [1.29, 1.82) is 0 Å². The molecule has 1 saturated heterocycles. The smallest absolute Gasteiger partial charge is 0.225 e. The number of aryl methyl sites for hydroxylation is 1. The van der Waals surface area contributed by atoms with E-state index in [0.29, 0.717) is 6.61 Å². The summed E-state index contributed by atoms with van der Waals surface area (Å²) in [5.74, 6) is 1.56. The molecule has 2 aromatic carbocycles. The summed E-state index contributed by atoms with van der Waals surface area (Å²) in [5.41, 5.74) is 10.6. The molecule has 1 aliphatic rings. The predicted octanol–water partition coefficient (Wildman–Crippen LogP) is 4.23. The molecule has 0 atom stereocenters. The molecule has 2 heterocycles. The topological polar surface area (TPSA) is 64.3 Å².